The number of amides is 1. The van der Waals surface area contributed by atoms with E-state index in [2.05, 4.69) is 15.5 Å². The molecule has 0 atom stereocenters. The topological polar surface area (TPSA) is 84.1 Å². The van der Waals surface area contributed by atoms with Crippen LogP contribution in [0.1, 0.15) is 16.1 Å². The number of nitrogens with one attached hydrogen (secondary N) is 2. The summed E-state index contributed by atoms with van der Waals surface area (Å²) in [5.74, 6) is -0.207. The molecule has 7 heteroatoms. The Morgan fingerprint density at radius 3 is 2.55 bits per heavy atom. The van der Waals surface area contributed by atoms with Gasteiger partial charge in [0.25, 0.3) is 11.5 Å². The highest BCUT2D eigenvalue weighted by molar-refractivity contribution is 6.11. The van der Waals surface area contributed by atoms with Crippen LogP contribution in [0, 0.1) is 5.82 Å². The molecule has 0 radical (unpaired) electrons. The second-order valence-corrected chi connectivity index (χ2v) is 6.34. The number of ether oxygens (including phenoxy) is 1. The number of carbonyl (C=O) groups excluding carboxylic acids is 1. The minimum Gasteiger partial charge on any atom is -0.489 e. The van der Waals surface area contributed by atoms with Crippen molar-refractivity contribution in [3.63, 3.8) is 0 Å². The maximum absolute atomic E-state index is 13.0. The van der Waals surface area contributed by atoms with Crippen LogP contribution in [0.15, 0.2) is 77.6 Å². The van der Waals surface area contributed by atoms with Crippen LogP contribution < -0.4 is 15.6 Å². The lowest BCUT2D eigenvalue weighted by Gasteiger charge is -2.10. The molecule has 3 aromatic carbocycles. The van der Waals surface area contributed by atoms with Crippen molar-refractivity contribution in [1.29, 1.82) is 0 Å². The smallest absolute Gasteiger partial charge is 0.276 e. The first kappa shape index (κ1) is 18.4. The predicted molar refractivity (Wildman–Crippen MR) is 107 cm³/mol. The first-order chi connectivity index (χ1) is 14.1. The molecule has 0 aliphatic heterocycles. The molecule has 29 heavy (non-hydrogen) atoms. The third-order valence-electron chi connectivity index (χ3n) is 4.32. The van der Waals surface area contributed by atoms with Gasteiger partial charge in [0, 0.05) is 17.1 Å². The SMILES string of the molecule is O=C(Nc1cccc(OCc2ccc(F)cc2)c1)c1n[nH]c(=O)c2ccccc12. The monoisotopic (exact) mass is 389 g/mol. The highest BCUT2D eigenvalue weighted by Crippen LogP contribution is 2.20. The fourth-order valence-electron chi connectivity index (χ4n) is 2.89. The molecule has 0 saturated carbocycles. The third kappa shape index (κ3) is 4.14. The van der Waals surface area contributed by atoms with Crippen LogP contribution in [-0.2, 0) is 6.61 Å². The summed E-state index contributed by atoms with van der Waals surface area (Å²) in [6, 6.07) is 19.7. The molecule has 0 spiro atoms. The van der Waals surface area contributed by atoms with Crippen LogP contribution in [-0.4, -0.2) is 16.1 Å². The molecule has 2 N–H and O–H groups in total. The van der Waals surface area contributed by atoms with Gasteiger partial charge < -0.3 is 10.1 Å². The Morgan fingerprint density at radius 2 is 1.76 bits per heavy atom. The Kier molecular flexibility index (Phi) is 5.03. The van der Waals surface area contributed by atoms with Gasteiger partial charge in [-0.25, -0.2) is 9.49 Å². The van der Waals surface area contributed by atoms with E-state index in [0.29, 0.717) is 22.2 Å². The van der Waals surface area contributed by atoms with Crippen molar-refractivity contribution in [2.24, 2.45) is 0 Å². The molecule has 0 unspecified atom stereocenters. The molecule has 0 saturated heterocycles. The molecule has 1 aromatic heterocycles. The minimum absolute atomic E-state index is 0.123. The summed E-state index contributed by atoms with van der Waals surface area (Å²) in [5, 5.41) is 9.87. The molecule has 0 aliphatic rings. The average Bonchev–Trinajstić information content (AvgIpc) is 2.74. The first-order valence-corrected chi connectivity index (χ1v) is 8.86. The maximum atomic E-state index is 13.0. The number of aromatic nitrogens is 2. The van der Waals surface area contributed by atoms with Gasteiger partial charge >= 0.3 is 0 Å². The van der Waals surface area contributed by atoms with Crippen molar-refractivity contribution < 1.29 is 13.9 Å². The molecule has 0 fully saturated rings. The number of aromatic amines is 1. The largest absolute Gasteiger partial charge is 0.489 e. The zero-order valence-corrected chi connectivity index (χ0v) is 15.2. The zero-order chi connectivity index (χ0) is 20.2. The summed E-state index contributed by atoms with van der Waals surface area (Å²) in [6.45, 7) is 0.268. The number of carbonyl (C=O) groups is 1. The van der Waals surface area contributed by atoms with Crippen LogP contribution >= 0.6 is 0 Å². The quantitative estimate of drug-likeness (QED) is 0.542. The Hall–Kier alpha value is -4.00. The standard InChI is InChI=1S/C22H16FN3O3/c23-15-10-8-14(9-11-15)13-29-17-5-3-4-16(12-17)24-22(28)20-18-6-1-2-7-19(18)21(27)26-25-20/h1-12H,13H2,(H,24,28)(H,26,27). The molecule has 4 aromatic rings. The molecular formula is C22H16FN3O3. The second-order valence-electron chi connectivity index (χ2n) is 6.34. The molecule has 6 nitrogen and oxygen atoms in total. The maximum Gasteiger partial charge on any atom is 0.276 e. The first-order valence-electron chi connectivity index (χ1n) is 8.86. The van der Waals surface area contributed by atoms with Gasteiger partial charge in [-0.05, 0) is 35.9 Å². The number of benzene rings is 3. The Bertz CT molecular complexity index is 1240. The minimum atomic E-state index is -0.451. The van der Waals surface area contributed by atoms with E-state index in [4.69, 9.17) is 4.74 Å². The van der Waals surface area contributed by atoms with Gasteiger partial charge in [0.15, 0.2) is 5.69 Å². The van der Waals surface area contributed by atoms with Gasteiger partial charge in [-0.2, -0.15) is 5.10 Å². The molecular weight excluding hydrogens is 373 g/mol. The van der Waals surface area contributed by atoms with Crippen LogP contribution in [0.2, 0.25) is 0 Å². The normalized spacial score (nSPS) is 10.7. The van der Waals surface area contributed by atoms with E-state index in [1.54, 1.807) is 60.7 Å². The van der Waals surface area contributed by atoms with Gasteiger partial charge in [0.1, 0.15) is 18.2 Å². The summed E-state index contributed by atoms with van der Waals surface area (Å²) in [7, 11) is 0. The van der Waals surface area contributed by atoms with E-state index in [9.17, 15) is 14.0 Å². The predicted octanol–water partition coefficient (Wildman–Crippen LogP) is 3.89. The van der Waals surface area contributed by atoms with Crippen LogP contribution in [0.5, 0.6) is 5.75 Å². The Labute approximate surface area is 165 Å². The Morgan fingerprint density at radius 1 is 1.00 bits per heavy atom. The number of anilines is 1. The summed E-state index contributed by atoms with van der Waals surface area (Å²) in [6.07, 6.45) is 0. The molecule has 0 aliphatic carbocycles. The van der Waals surface area contributed by atoms with Crippen molar-refractivity contribution in [2.45, 2.75) is 6.61 Å². The molecule has 0 bridgehead atoms. The van der Waals surface area contributed by atoms with Crippen LogP contribution in [0.4, 0.5) is 10.1 Å². The van der Waals surface area contributed by atoms with Gasteiger partial charge in [0.05, 0.1) is 5.39 Å². The lowest BCUT2D eigenvalue weighted by Crippen LogP contribution is -2.19. The summed E-state index contributed by atoms with van der Waals surface area (Å²) < 4.78 is 18.7. The van der Waals surface area contributed by atoms with Crippen LogP contribution in [0.25, 0.3) is 10.8 Å². The van der Waals surface area contributed by atoms with E-state index in [-0.39, 0.29) is 23.7 Å². The van der Waals surface area contributed by atoms with Gasteiger partial charge in [-0.1, -0.05) is 36.4 Å². The summed E-state index contributed by atoms with van der Waals surface area (Å²) in [5.41, 5.74) is 1.11. The Balaban J connectivity index is 1.51. The molecule has 144 valence electrons. The average molecular weight is 389 g/mol. The number of halogens is 1. The second kappa shape index (κ2) is 7.93. The number of rotatable bonds is 5. The van der Waals surface area contributed by atoms with Crippen molar-refractivity contribution >= 4 is 22.4 Å². The molecule has 1 amide bonds. The van der Waals surface area contributed by atoms with E-state index in [1.165, 1.54) is 12.1 Å². The number of H-pyrrole nitrogens is 1. The van der Waals surface area contributed by atoms with E-state index in [0.717, 1.165) is 5.56 Å². The van der Waals surface area contributed by atoms with Gasteiger partial charge in [-0.15, -0.1) is 0 Å². The van der Waals surface area contributed by atoms with Gasteiger partial charge in [-0.3, -0.25) is 9.59 Å². The number of nitrogens with zero attached hydrogens (tertiary/aromatic N) is 1. The number of hydrogen-bond donors (Lipinski definition) is 2. The lowest BCUT2D eigenvalue weighted by atomic mass is 10.1. The fraction of sp³-hybridized carbons (Fsp3) is 0.0455. The van der Waals surface area contributed by atoms with Crippen molar-refractivity contribution in [2.75, 3.05) is 5.32 Å². The highest BCUT2D eigenvalue weighted by atomic mass is 19.1. The number of fused-ring (bicyclic) bond motifs is 1. The van der Waals surface area contributed by atoms with Gasteiger partial charge in [0.2, 0.25) is 0 Å². The van der Waals surface area contributed by atoms with Crippen LogP contribution in [0.3, 0.4) is 0 Å². The summed E-state index contributed by atoms with van der Waals surface area (Å²) >= 11 is 0. The van der Waals surface area contributed by atoms with Crippen molar-refractivity contribution in [1.82, 2.24) is 10.2 Å². The number of hydrogen-bond acceptors (Lipinski definition) is 4. The van der Waals surface area contributed by atoms with Crippen molar-refractivity contribution in [3.8, 4) is 5.75 Å². The van der Waals surface area contributed by atoms with E-state index in [1.807, 2.05) is 0 Å². The summed E-state index contributed by atoms with van der Waals surface area (Å²) in [4.78, 5) is 24.6. The third-order valence-corrected chi connectivity index (χ3v) is 4.32. The zero-order valence-electron chi connectivity index (χ0n) is 15.2. The fourth-order valence-corrected chi connectivity index (χ4v) is 2.89. The lowest BCUT2D eigenvalue weighted by molar-refractivity contribution is 0.102. The highest BCUT2D eigenvalue weighted by Gasteiger charge is 2.14. The molecule has 4 rings (SSSR count). The molecule has 1 heterocycles. The van der Waals surface area contributed by atoms with E-state index >= 15 is 0 Å². The van der Waals surface area contributed by atoms with E-state index < -0.39 is 5.91 Å². The van der Waals surface area contributed by atoms with Crippen molar-refractivity contribution in [3.05, 3.63) is 100 Å².